The van der Waals surface area contributed by atoms with Crippen molar-refractivity contribution in [2.75, 3.05) is 12.3 Å². The molecule has 1 amide bonds. The van der Waals surface area contributed by atoms with E-state index in [9.17, 15) is 9.90 Å². The van der Waals surface area contributed by atoms with Crippen molar-refractivity contribution in [3.63, 3.8) is 0 Å². The summed E-state index contributed by atoms with van der Waals surface area (Å²) in [5.41, 5.74) is 1.14. The quantitative estimate of drug-likeness (QED) is 0.899. The topological polar surface area (TPSA) is 40.5 Å². The highest BCUT2D eigenvalue weighted by Crippen LogP contribution is 2.25. The summed E-state index contributed by atoms with van der Waals surface area (Å²) in [6.45, 7) is 3.37. The molecule has 0 aliphatic carbocycles. The number of benzene rings is 1. The van der Waals surface area contributed by atoms with E-state index < -0.39 is 0 Å². The van der Waals surface area contributed by atoms with E-state index in [2.05, 4.69) is 6.92 Å². The monoisotopic (exact) mass is 279 g/mol. The highest BCUT2D eigenvalue weighted by Gasteiger charge is 2.30. The van der Waals surface area contributed by atoms with Gasteiger partial charge in [-0.1, -0.05) is 43.7 Å². The summed E-state index contributed by atoms with van der Waals surface area (Å²) in [6.07, 6.45) is 1.48. The third-order valence-electron chi connectivity index (χ3n) is 3.40. The minimum Gasteiger partial charge on any atom is -0.392 e. The van der Waals surface area contributed by atoms with Gasteiger partial charge in [-0.2, -0.15) is 0 Å². The highest BCUT2D eigenvalue weighted by atomic mass is 32.2. The number of carbonyl (C=O) groups is 1. The van der Waals surface area contributed by atoms with E-state index in [1.54, 1.807) is 11.8 Å². The Kier molecular flexibility index (Phi) is 5.28. The fourth-order valence-electron chi connectivity index (χ4n) is 2.31. The van der Waals surface area contributed by atoms with Crippen LogP contribution in [0, 0.1) is 0 Å². The Bertz CT molecular complexity index is 410. The Morgan fingerprint density at radius 1 is 1.42 bits per heavy atom. The van der Waals surface area contributed by atoms with Gasteiger partial charge < -0.3 is 10.0 Å². The summed E-state index contributed by atoms with van der Waals surface area (Å²) in [6, 6.07) is 10.0. The lowest BCUT2D eigenvalue weighted by Gasteiger charge is -2.34. The lowest BCUT2D eigenvalue weighted by molar-refractivity contribution is -0.129. The van der Waals surface area contributed by atoms with E-state index in [-0.39, 0.29) is 17.3 Å². The molecule has 2 rings (SSSR count). The highest BCUT2D eigenvalue weighted by molar-refractivity contribution is 8.00. The number of hydrogen-bond donors (Lipinski definition) is 1. The van der Waals surface area contributed by atoms with Gasteiger partial charge in [-0.15, -0.1) is 11.8 Å². The SMILES string of the molecule is CCC[C@H](O)[C@@H]1CN(Cc2ccccc2)C(=O)CS1. The molecular formula is C15H21NO2S. The fraction of sp³-hybridized carbons (Fsp3) is 0.533. The van der Waals surface area contributed by atoms with Crippen LogP contribution in [0.25, 0.3) is 0 Å². The molecule has 1 heterocycles. The summed E-state index contributed by atoms with van der Waals surface area (Å²) in [5, 5.41) is 10.2. The van der Waals surface area contributed by atoms with Crippen LogP contribution < -0.4 is 0 Å². The molecule has 1 aliphatic rings. The Hall–Kier alpha value is -1.000. The number of rotatable bonds is 5. The van der Waals surface area contributed by atoms with Gasteiger partial charge in [0.05, 0.1) is 11.9 Å². The average molecular weight is 279 g/mol. The van der Waals surface area contributed by atoms with Gasteiger partial charge in [-0.3, -0.25) is 4.79 Å². The van der Waals surface area contributed by atoms with E-state index in [4.69, 9.17) is 0 Å². The van der Waals surface area contributed by atoms with E-state index in [1.807, 2.05) is 35.2 Å². The van der Waals surface area contributed by atoms with Crippen LogP contribution in [0.3, 0.4) is 0 Å². The summed E-state index contributed by atoms with van der Waals surface area (Å²) < 4.78 is 0. The third kappa shape index (κ3) is 3.98. The summed E-state index contributed by atoms with van der Waals surface area (Å²) >= 11 is 1.59. The standard InChI is InChI=1S/C15H21NO2S/c1-2-6-13(17)14-10-16(15(18)11-19-14)9-12-7-4-3-5-8-12/h3-5,7-8,13-14,17H,2,6,9-11H2,1H3/t13-,14-/m0/s1. The predicted octanol–water partition coefficient (Wildman–Crippen LogP) is 2.29. The number of aliphatic hydroxyl groups excluding tert-OH is 1. The number of nitrogens with zero attached hydrogens (tertiary/aromatic N) is 1. The van der Waals surface area contributed by atoms with Crippen LogP contribution in [-0.4, -0.2) is 39.6 Å². The van der Waals surface area contributed by atoms with Crippen LogP contribution in [-0.2, 0) is 11.3 Å². The van der Waals surface area contributed by atoms with Crippen LogP contribution in [0.2, 0.25) is 0 Å². The molecule has 1 aliphatic heterocycles. The molecule has 1 fully saturated rings. The second-order valence-corrected chi connectivity index (χ2v) is 6.19. The van der Waals surface area contributed by atoms with Crippen LogP contribution in [0.5, 0.6) is 0 Å². The maximum absolute atomic E-state index is 11.9. The van der Waals surface area contributed by atoms with Gasteiger partial charge in [-0.05, 0) is 12.0 Å². The van der Waals surface area contributed by atoms with Crippen LogP contribution in [0.15, 0.2) is 30.3 Å². The van der Waals surface area contributed by atoms with Crippen molar-refractivity contribution in [1.82, 2.24) is 4.90 Å². The maximum Gasteiger partial charge on any atom is 0.232 e. The van der Waals surface area contributed by atoms with Crippen molar-refractivity contribution < 1.29 is 9.90 Å². The number of carbonyl (C=O) groups excluding carboxylic acids is 1. The maximum atomic E-state index is 11.9. The van der Waals surface area contributed by atoms with E-state index >= 15 is 0 Å². The predicted molar refractivity (Wildman–Crippen MR) is 79.0 cm³/mol. The van der Waals surface area contributed by atoms with Gasteiger partial charge in [0.15, 0.2) is 0 Å². The Morgan fingerprint density at radius 3 is 2.84 bits per heavy atom. The van der Waals surface area contributed by atoms with Gasteiger partial charge in [0.1, 0.15) is 0 Å². The smallest absolute Gasteiger partial charge is 0.232 e. The molecule has 0 unspecified atom stereocenters. The molecule has 0 spiro atoms. The minimum atomic E-state index is -0.304. The molecule has 1 saturated heterocycles. The molecule has 19 heavy (non-hydrogen) atoms. The number of amides is 1. The summed E-state index contributed by atoms with van der Waals surface area (Å²) in [5.74, 6) is 0.659. The largest absolute Gasteiger partial charge is 0.392 e. The lowest BCUT2D eigenvalue weighted by Crippen LogP contribution is -2.45. The zero-order valence-electron chi connectivity index (χ0n) is 11.3. The lowest BCUT2D eigenvalue weighted by atomic mass is 10.1. The fourth-order valence-corrected chi connectivity index (χ4v) is 3.50. The molecule has 104 valence electrons. The van der Waals surface area contributed by atoms with Crippen molar-refractivity contribution in [2.24, 2.45) is 0 Å². The number of thioether (sulfide) groups is 1. The molecule has 0 radical (unpaired) electrons. The van der Waals surface area contributed by atoms with E-state index in [1.165, 1.54) is 0 Å². The van der Waals surface area contributed by atoms with E-state index in [0.717, 1.165) is 18.4 Å². The molecule has 3 nitrogen and oxygen atoms in total. The average Bonchev–Trinajstić information content (AvgIpc) is 2.42. The second kappa shape index (κ2) is 6.96. The van der Waals surface area contributed by atoms with Gasteiger partial charge in [-0.25, -0.2) is 0 Å². The van der Waals surface area contributed by atoms with Crippen molar-refractivity contribution in [3.8, 4) is 0 Å². The molecule has 4 heteroatoms. The first kappa shape index (κ1) is 14.4. The van der Waals surface area contributed by atoms with Crippen LogP contribution in [0.4, 0.5) is 0 Å². The zero-order chi connectivity index (χ0) is 13.7. The van der Waals surface area contributed by atoms with Crippen molar-refractivity contribution in [1.29, 1.82) is 0 Å². The molecule has 1 aromatic rings. The van der Waals surface area contributed by atoms with Gasteiger partial charge in [0.2, 0.25) is 5.91 Å². The van der Waals surface area contributed by atoms with Crippen molar-refractivity contribution >= 4 is 17.7 Å². The van der Waals surface area contributed by atoms with Crippen molar-refractivity contribution in [3.05, 3.63) is 35.9 Å². The third-order valence-corrected chi connectivity index (χ3v) is 4.71. The zero-order valence-corrected chi connectivity index (χ0v) is 12.1. The summed E-state index contributed by atoms with van der Waals surface area (Å²) in [4.78, 5) is 13.8. The van der Waals surface area contributed by atoms with E-state index in [0.29, 0.717) is 18.8 Å². The Labute approximate surface area is 119 Å². The Morgan fingerprint density at radius 2 is 2.16 bits per heavy atom. The minimum absolute atomic E-state index is 0.154. The number of hydrogen-bond acceptors (Lipinski definition) is 3. The molecule has 2 atom stereocenters. The Balaban J connectivity index is 1.97. The van der Waals surface area contributed by atoms with Crippen molar-refractivity contribution in [2.45, 2.75) is 37.7 Å². The van der Waals surface area contributed by atoms with Gasteiger partial charge in [0, 0.05) is 18.3 Å². The first-order valence-electron chi connectivity index (χ1n) is 6.82. The normalized spacial score (nSPS) is 21.5. The van der Waals surface area contributed by atoms with Gasteiger partial charge in [0.25, 0.3) is 0 Å². The molecule has 0 bridgehead atoms. The second-order valence-electron chi connectivity index (χ2n) is 4.97. The van der Waals surface area contributed by atoms with Crippen LogP contribution in [0.1, 0.15) is 25.3 Å². The summed E-state index contributed by atoms with van der Waals surface area (Å²) in [7, 11) is 0. The molecule has 1 aromatic carbocycles. The molecular weight excluding hydrogens is 258 g/mol. The molecule has 1 N–H and O–H groups in total. The number of aliphatic hydroxyl groups is 1. The van der Waals surface area contributed by atoms with Gasteiger partial charge >= 0.3 is 0 Å². The molecule has 0 aromatic heterocycles. The first-order valence-corrected chi connectivity index (χ1v) is 7.87. The van der Waals surface area contributed by atoms with Crippen LogP contribution >= 0.6 is 11.8 Å². The first-order chi connectivity index (χ1) is 9.20. The molecule has 0 saturated carbocycles.